The van der Waals surface area contributed by atoms with Crippen LogP contribution >= 0.6 is 0 Å². The molecule has 0 radical (unpaired) electrons. The predicted octanol–water partition coefficient (Wildman–Crippen LogP) is 2.58. The maximum atomic E-state index is 3.53. The van der Waals surface area contributed by atoms with Gasteiger partial charge in [0.15, 0.2) is 0 Å². The molecule has 1 aromatic rings. The van der Waals surface area contributed by atoms with E-state index in [1.165, 1.54) is 57.7 Å². The van der Waals surface area contributed by atoms with Gasteiger partial charge in [0.1, 0.15) is 0 Å². The highest BCUT2D eigenvalue weighted by molar-refractivity contribution is 5.14. The van der Waals surface area contributed by atoms with Crippen molar-refractivity contribution in [3.63, 3.8) is 0 Å². The summed E-state index contributed by atoms with van der Waals surface area (Å²) in [5, 5.41) is 3.53. The van der Waals surface area contributed by atoms with Gasteiger partial charge in [0.25, 0.3) is 0 Å². The summed E-state index contributed by atoms with van der Waals surface area (Å²) < 4.78 is 0. The van der Waals surface area contributed by atoms with Crippen LogP contribution in [0, 0.1) is 5.41 Å². The van der Waals surface area contributed by atoms with Crippen molar-refractivity contribution in [2.75, 3.05) is 39.3 Å². The highest BCUT2D eigenvalue weighted by atomic mass is 15.3. The molecule has 2 saturated heterocycles. The number of nitrogens with zero attached hydrogens (tertiary/aromatic N) is 2. The normalized spacial score (nSPS) is 30.7. The fourth-order valence-electron chi connectivity index (χ4n) is 4.06. The summed E-state index contributed by atoms with van der Waals surface area (Å²) >= 11 is 0. The molecule has 2 atom stereocenters. The smallest absolute Gasteiger partial charge is 0.0237 e. The van der Waals surface area contributed by atoms with Gasteiger partial charge in [-0.3, -0.25) is 9.80 Å². The Balaban J connectivity index is 1.56. The predicted molar refractivity (Wildman–Crippen MR) is 93.0 cm³/mol. The van der Waals surface area contributed by atoms with Gasteiger partial charge in [-0.25, -0.2) is 0 Å². The Hall–Kier alpha value is -0.900. The van der Waals surface area contributed by atoms with Gasteiger partial charge in [0.05, 0.1) is 0 Å². The fraction of sp³-hybridized carbons (Fsp3) is 0.684. The molecule has 0 bridgehead atoms. The Kier molecular flexibility index (Phi) is 5.17. The number of nitrogens with one attached hydrogen (secondary N) is 1. The molecule has 3 rings (SSSR count). The van der Waals surface area contributed by atoms with E-state index in [9.17, 15) is 0 Å². The lowest BCUT2D eigenvalue weighted by atomic mass is 9.88. The van der Waals surface area contributed by atoms with Crippen molar-refractivity contribution in [3.8, 4) is 0 Å². The van der Waals surface area contributed by atoms with E-state index in [-0.39, 0.29) is 0 Å². The van der Waals surface area contributed by atoms with Gasteiger partial charge in [-0.15, -0.1) is 0 Å². The van der Waals surface area contributed by atoms with Gasteiger partial charge in [-0.2, -0.15) is 0 Å². The van der Waals surface area contributed by atoms with Crippen LogP contribution < -0.4 is 5.32 Å². The summed E-state index contributed by atoms with van der Waals surface area (Å²) in [4.78, 5) is 5.39. The van der Waals surface area contributed by atoms with Crippen LogP contribution in [0.15, 0.2) is 30.3 Å². The Labute approximate surface area is 135 Å². The zero-order valence-electron chi connectivity index (χ0n) is 14.2. The topological polar surface area (TPSA) is 18.5 Å². The molecule has 3 heteroatoms. The molecule has 0 amide bonds. The lowest BCUT2D eigenvalue weighted by Gasteiger charge is -2.43. The first-order valence-corrected chi connectivity index (χ1v) is 8.89. The van der Waals surface area contributed by atoms with Crippen LogP contribution in [-0.2, 0) is 6.54 Å². The first kappa shape index (κ1) is 16.0. The van der Waals surface area contributed by atoms with Crippen molar-refractivity contribution in [3.05, 3.63) is 35.9 Å². The first-order chi connectivity index (χ1) is 10.7. The third-order valence-corrected chi connectivity index (χ3v) is 5.45. The first-order valence-electron chi connectivity index (χ1n) is 8.89. The number of hydrogen-bond donors (Lipinski definition) is 1. The van der Waals surface area contributed by atoms with E-state index in [1.807, 2.05) is 0 Å². The van der Waals surface area contributed by atoms with Crippen molar-refractivity contribution in [2.45, 2.75) is 39.3 Å². The van der Waals surface area contributed by atoms with Gasteiger partial charge in [-0.1, -0.05) is 44.2 Å². The Bertz CT molecular complexity index is 453. The minimum Gasteiger partial charge on any atom is -0.316 e. The van der Waals surface area contributed by atoms with Crippen molar-refractivity contribution in [1.82, 2.24) is 15.1 Å². The largest absolute Gasteiger partial charge is 0.316 e. The van der Waals surface area contributed by atoms with Crippen LogP contribution in [0.1, 0.15) is 32.3 Å². The van der Waals surface area contributed by atoms with E-state index >= 15 is 0 Å². The maximum absolute atomic E-state index is 3.53. The van der Waals surface area contributed by atoms with E-state index < -0.39 is 0 Å². The molecule has 3 nitrogen and oxygen atoms in total. The Morgan fingerprint density at radius 2 is 2.05 bits per heavy atom. The van der Waals surface area contributed by atoms with Crippen LogP contribution in [0.25, 0.3) is 0 Å². The summed E-state index contributed by atoms with van der Waals surface area (Å²) in [5.41, 5.74) is 1.93. The van der Waals surface area contributed by atoms with Crippen LogP contribution in [0.4, 0.5) is 0 Å². The van der Waals surface area contributed by atoms with Crippen molar-refractivity contribution in [2.24, 2.45) is 5.41 Å². The Morgan fingerprint density at radius 1 is 1.23 bits per heavy atom. The quantitative estimate of drug-likeness (QED) is 0.902. The molecule has 0 saturated carbocycles. The van der Waals surface area contributed by atoms with E-state index in [1.54, 1.807) is 0 Å². The lowest BCUT2D eigenvalue weighted by Crippen LogP contribution is -2.54. The zero-order chi connectivity index (χ0) is 15.4. The second-order valence-corrected chi connectivity index (χ2v) is 7.49. The third kappa shape index (κ3) is 3.89. The van der Waals surface area contributed by atoms with Crippen LogP contribution in [0.3, 0.4) is 0 Å². The number of rotatable bonds is 5. The standard InChI is InChI=1S/C19H31N3/c1-3-18-14-21(16-19(2)9-10-20-15-19)11-12-22(18)13-17-7-5-4-6-8-17/h4-8,18,20H,3,9-16H2,1-2H3. The van der Waals surface area contributed by atoms with Crippen LogP contribution in [-0.4, -0.2) is 55.1 Å². The number of benzene rings is 1. The van der Waals surface area contributed by atoms with Gasteiger partial charge < -0.3 is 5.32 Å². The van der Waals surface area contributed by atoms with E-state index in [2.05, 4.69) is 59.3 Å². The molecular formula is C19H31N3. The molecule has 2 fully saturated rings. The summed E-state index contributed by atoms with van der Waals surface area (Å²) in [7, 11) is 0. The summed E-state index contributed by atoms with van der Waals surface area (Å²) in [5.74, 6) is 0. The average molecular weight is 301 g/mol. The molecule has 2 unspecified atom stereocenters. The highest BCUT2D eigenvalue weighted by Gasteiger charge is 2.33. The van der Waals surface area contributed by atoms with Gasteiger partial charge >= 0.3 is 0 Å². The fourth-order valence-corrected chi connectivity index (χ4v) is 4.06. The van der Waals surface area contributed by atoms with E-state index in [0.29, 0.717) is 11.5 Å². The summed E-state index contributed by atoms with van der Waals surface area (Å²) in [6.07, 6.45) is 2.58. The molecule has 122 valence electrons. The van der Waals surface area contributed by atoms with Crippen molar-refractivity contribution < 1.29 is 0 Å². The molecule has 0 spiro atoms. The molecule has 22 heavy (non-hydrogen) atoms. The zero-order valence-corrected chi connectivity index (χ0v) is 14.2. The van der Waals surface area contributed by atoms with Gasteiger partial charge in [-0.05, 0) is 30.4 Å². The molecular weight excluding hydrogens is 270 g/mol. The van der Waals surface area contributed by atoms with E-state index in [4.69, 9.17) is 0 Å². The van der Waals surface area contributed by atoms with Crippen LogP contribution in [0.2, 0.25) is 0 Å². The van der Waals surface area contributed by atoms with Crippen molar-refractivity contribution in [1.29, 1.82) is 0 Å². The second-order valence-electron chi connectivity index (χ2n) is 7.49. The third-order valence-electron chi connectivity index (χ3n) is 5.45. The molecule has 2 aliphatic rings. The van der Waals surface area contributed by atoms with Crippen molar-refractivity contribution >= 4 is 0 Å². The molecule has 2 heterocycles. The second kappa shape index (κ2) is 7.12. The van der Waals surface area contributed by atoms with Gasteiger partial charge in [0, 0.05) is 45.3 Å². The monoisotopic (exact) mass is 301 g/mol. The number of piperazine rings is 1. The lowest BCUT2D eigenvalue weighted by molar-refractivity contribution is 0.0452. The summed E-state index contributed by atoms with van der Waals surface area (Å²) in [6, 6.07) is 11.6. The molecule has 2 aliphatic heterocycles. The molecule has 1 N–H and O–H groups in total. The molecule has 0 aromatic heterocycles. The van der Waals surface area contributed by atoms with Gasteiger partial charge in [0.2, 0.25) is 0 Å². The minimum absolute atomic E-state index is 0.486. The average Bonchev–Trinajstić information content (AvgIpc) is 2.96. The highest BCUT2D eigenvalue weighted by Crippen LogP contribution is 2.27. The molecule has 1 aromatic carbocycles. The van der Waals surface area contributed by atoms with E-state index in [0.717, 1.165) is 6.54 Å². The number of hydrogen-bond acceptors (Lipinski definition) is 3. The molecule has 0 aliphatic carbocycles. The SMILES string of the molecule is CCC1CN(CC2(C)CCNC2)CCN1Cc1ccccc1. The van der Waals surface area contributed by atoms with Crippen LogP contribution in [0.5, 0.6) is 0 Å². The minimum atomic E-state index is 0.486. The maximum Gasteiger partial charge on any atom is 0.0237 e. The summed E-state index contributed by atoms with van der Waals surface area (Å²) in [6.45, 7) is 13.2. The Morgan fingerprint density at radius 3 is 2.73 bits per heavy atom.